The number of aliphatic hydroxyl groups is 1. The average molecular weight is 226 g/mol. The van der Waals surface area contributed by atoms with E-state index in [-0.39, 0.29) is 12.2 Å². The van der Waals surface area contributed by atoms with E-state index in [1.165, 1.54) is 12.1 Å². The van der Waals surface area contributed by atoms with Crippen LogP contribution >= 0.6 is 0 Å². The first-order chi connectivity index (χ1) is 7.63. The summed E-state index contributed by atoms with van der Waals surface area (Å²) in [5, 5.41) is 14.0. The number of amides is 2. The molecule has 1 aromatic rings. The largest absolute Gasteiger partial charge is 0.391 e. The van der Waals surface area contributed by atoms with Crippen molar-refractivity contribution in [2.75, 3.05) is 11.9 Å². The van der Waals surface area contributed by atoms with Crippen molar-refractivity contribution in [3.63, 3.8) is 0 Å². The number of carbonyl (C=O) groups is 1. The molecule has 0 bridgehead atoms. The van der Waals surface area contributed by atoms with Gasteiger partial charge in [0.05, 0.1) is 11.8 Å². The van der Waals surface area contributed by atoms with E-state index in [0.717, 1.165) is 0 Å². The van der Waals surface area contributed by atoms with Gasteiger partial charge in [-0.1, -0.05) is 19.1 Å². The Hall–Kier alpha value is -1.62. The lowest BCUT2D eigenvalue weighted by atomic mass is 10.3. The van der Waals surface area contributed by atoms with Crippen molar-refractivity contribution in [1.82, 2.24) is 5.32 Å². The Bertz CT molecular complexity index is 358. The highest BCUT2D eigenvalue weighted by atomic mass is 19.1. The highest BCUT2D eigenvalue weighted by Crippen LogP contribution is 2.11. The highest BCUT2D eigenvalue weighted by molar-refractivity contribution is 5.89. The molecular weight excluding hydrogens is 211 g/mol. The molecule has 1 atom stereocenters. The number of hydrogen-bond donors (Lipinski definition) is 3. The first kappa shape index (κ1) is 12.4. The zero-order valence-corrected chi connectivity index (χ0v) is 9.03. The molecule has 1 unspecified atom stereocenters. The van der Waals surface area contributed by atoms with E-state index in [1.807, 2.05) is 0 Å². The Balaban J connectivity index is 2.43. The maximum Gasteiger partial charge on any atom is 0.319 e. The molecule has 0 aliphatic rings. The van der Waals surface area contributed by atoms with E-state index in [9.17, 15) is 14.3 Å². The van der Waals surface area contributed by atoms with E-state index in [4.69, 9.17) is 0 Å². The van der Waals surface area contributed by atoms with Crippen molar-refractivity contribution < 1.29 is 14.3 Å². The van der Waals surface area contributed by atoms with Crippen molar-refractivity contribution in [1.29, 1.82) is 0 Å². The van der Waals surface area contributed by atoms with E-state index in [0.29, 0.717) is 6.42 Å². The van der Waals surface area contributed by atoms with Gasteiger partial charge in [-0.2, -0.15) is 0 Å². The quantitative estimate of drug-likeness (QED) is 0.732. The summed E-state index contributed by atoms with van der Waals surface area (Å²) in [6.07, 6.45) is -0.0219. The molecule has 1 aromatic carbocycles. The van der Waals surface area contributed by atoms with Gasteiger partial charge in [-0.05, 0) is 18.6 Å². The fourth-order valence-electron chi connectivity index (χ4n) is 1.08. The zero-order chi connectivity index (χ0) is 12.0. The van der Waals surface area contributed by atoms with Crippen LogP contribution in [0.2, 0.25) is 0 Å². The van der Waals surface area contributed by atoms with Gasteiger partial charge >= 0.3 is 6.03 Å². The third kappa shape index (κ3) is 3.86. The van der Waals surface area contributed by atoms with Crippen LogP contribution in [-0.4, -0.2) is 23.8 Å². The standard InChI is InChI=1S/C11H15FN2O2/c1-2-8(15)7-13-11(16)14-10-6-4-3-5-9(10)12/h3-6,8,15H,2,7H2,1H3,(H2,13,14,16). The second-order valence-corrected chi connectivity index (χ2v) is 3.38. The Morgan fingerprint density at radius 2 is 2.19 bits per heavy atom. The number of urea groups is 1. The van der Waals surface area contributed by atoms with Crippen LogP contribution in [0.25, 0.3) is 0 Å². The first-order valence-electron chi connectivity index (χ1n) is 5.11. The molecule has 16 heavy (non-hydrogen) atoms. The number of carbonyl (C=O) groups excluding carboxylic acids is 1. The third-order valence-corrected chi connectivity index (χ3v) is 2.09. The Morgan fingerprint density at radius 1 is 1.50 bits per heavy atom. The van der Waals surface area contributed by atoms with Gasteiger partial charge in [0, 0.05) is 6.54 Å². The third-order valence-electron chi connectivity index (χ3n) is 2.09. The van der Waals surface area contributed by atoms with Gasteiger partial charge in [0.2, 0.25) is 0 Å². The highest BCUT2D eigenvalue weighted by Gasteiger charge is 2.07. The van der Waals surface area contributed by atoms with E-state index < -0.39 is 18.0 Å². The minimum Gasteiger partial charge on any atom is -0.391 e. The van der Waals surface area contributed by atoms with Crippen LogP contribution in [0.15, 0.2) is 24.3 Å². The summed E-state index contributed by atoms with van der Waals surface area (Å²) in [7, 11) is 0. The molecule has 5 heteroatoms. The van der Waals surface area contributed by atoms with Crippen LogP contribution in [0.3, 0.4) is 0 Å². The number of benzene rings is 1. The second-order valence-electron chi connectivity index (χ2n) is 3.38. The van der Waals surface area contributed by atoms with Gasteiger partial charge in [0.1, 0.15) is 5.82 Å². The normalized spacial score (nSPS) is 11.9. The Morgan fingerprint density at radius 3 is 2.81 bits per heavy atom. The summed E-state index contributed by atoms with van der Waals surface area (Å²) in [6, 6.07) is 5.36. The minimum absolute atomic E-state index is 0.117. The zero-order valence-electron chi connectivity index (χ0n) is 9.03. The molecule has 0 saturated heterocycles. The molecule has 4 nitrogen and oxygen atoms in total. The SMILES string of the molecule is CCC(O)CNC(=O)Nc1ccccc1F. The number of aliphatic hydroxyl groups excluding tert-OH is 1. The summed E-state index contributed by atoms with van der Waals surface area (Å²) in [6.45, 7) is 1.96. The van der Waals surface area contributed by atoms with Crippen molar-refractivity contribution in [3.8, 4) is 0 Å². The summed E-state index contributed by atoms with van der Waals surface area (Å²) in [5.74, 6) is -0.492. The first-order valence-corrected chi connectivity index (χ1v) is 5.11. The Labute approximate surface area is 93.5 Å². The van der Waals surface area contributed by atoms with Gasteiger partial charge in [0.25, 0.3) is 0 Å². The van der Waals surface area contributed by atoms with Crippen molar-refractivity contribution >= 4 is 11.7 Å². The lowest BCUT2D eigenvalue weighted by Gasteiger charge is -2.10. The minimum atomic E-state index is -0.577. The number of anilines is 1. The average Bonchev–Trinajstić information content (AvgIpc) is 2.29. The maximum atomic E-state index is 13.1. The monoisotopic (exact) mass is 226 g/mol. The van der Waals surface area contributed by atoms with Gasteiger partial charge in [0.15, 0.2) is 0 Å². The number of hydrogen-bond acceptors (Lipinski definition) is 2. The summed E-state index contributed by atoms with van der Waals surface area (Å²) >= 11 is 0. The predicted molar refractivity (Wildman–Crippen MR) is 59.7 cm³/mol. The van der Waals surface area contributed by atoms with E-state index in [1.54, 1.807) is 19.1 Å². The van der Waals surface area contributed by atoms with Gasteiger partial charge in [-0.25, -0.2) is 9.18 Å². The fourth-order valence-corrected chi connectivity index (χ4v) is 1.08. The van der Waals surface area contributed by atoms with Crippen LogP contribution in [0, 0.1) is 5.82 Å². The molecule has 2 amide bonds. The van der Waals surface area contributed by atoms with Crippen molar-refractivity contribution in [2.45, 2.75) is 19.4 Å². The molecular formula is C11H15FN2O2. The summed E-state index contributed by atoms with van der Waals surface area (Å²) in [4.78, 5) is 11.3. The van der Waals surface area contributed by atoms with E-state index >= 15 is 0 Å². The van der Waals surface area contributed by atoms with Crippen LogP contribution in [0.1, 0.15) is 13.3 Å². The predicted octanol–water partition coefficient (Wildman–Crippen LogP) is 1.72. The molecule has 0 fully saturated rings. The lowest BCUT2D eigenvalue weighted by Crippen LogP contribution is -2.35. The molecule has 88 valence electrons. The number of rotatable bonds is 4. The number of para-hydroxylation sites is 1. The molecule has 0 aliphatic heterocycles. The maximum absolute atomic E-state index is 13.1. The van der Waals surface area contributed by atoms with Gasteiger partial charge < -0.3 is 15.7 Å². The smallest absolute Gasteiger partial charge is 0.319 e. The lowest BCUT2D eigenvalue weighted by molar-refractivity contribution is 0.168. The molecule has 0 aliphatic carbocycles. The second kappa shape index (κ2) is 6.07. The molecule has 0 saturated carbocycles. The molecule has 0 spiro atoms. The van der Waals surface area contributed by atoms with Gasteiger partial charge in [-0.3, -0.25) is 0 Å². The molecule has 0 aromatic heterocycles. The fraction of sp³-hybridized carbons (Fsp3) is 0.364. The van der Waals surface area contributed by atoms with Crippen LogP contribution in [-0.2, 0) is 0 Å². The number of halogens is 1. The van der Waals surface area contributed by atoms with Crippen LogP contribution in [0.5, 0.6) is 0 Å². The van der Waals surface area contributed by atoms with Crippen molar-refractivity contribution in [2.24, 2.45) is 0 Å². The number of nitrogens with one attached hydrogen (secondary N) is 2. The van der Waals surface area contributed by atoms with Crippen molar-refractivity contribution in [3.05, 3.63) is 30.1 Å². The van der Waals surface area contributed by atoms with Crippen LogP contribution < -0.4 is 10.6 Å². The Kier molecular flexibility index (Phi) is 4.72. The molecule has 0 radical (unpaired) electrons. The molecule has 3 N–H and O–H groups in total. The van der Waals surface area contributed by atoms with E-state index in [2.05, 4.69) is 10.6 Å². The van der Waals surface area contributed by atoms with Crippen LogP contribution in [0.4, 0.5) is 14.9 Å². The molecule has 1 rings (SSSR count). The summed E-state index contributed by atoms with van der Waals surface area (Å²) < 4.78 is 13.1. The summed E-state index contributed by atoms with van der Waals surface area (Å²) in [5.41, 5.74) is 0.117. The van der Waals surface area contributed by atoms with Gasteiger partial charge in [-0.15, -0.1) is 0 Å². The molecule has 0 heterocycles. The topological polar surface area (TPSA) is 61.4 Å².